The predicted octanol–water partition coefficient (Wildman–Crippen LogP) is 3.16. The van der Waals surface area contributed by atoms with Crippen LogP contribution in [0.25, 0.3) is 5.69 Å². The van der Waals surface area contributed by atoms with E-state index in [1.165, 1.54) is 43.1 Å². The number of benzene rings is 1. The van der Waals surface area contributed by atoms with Crippen molar-refractivity contribution < 1.29 is 4.79 Å². The monoisotopic (exact) mass is 333 g/mol. The van der Waals surface area contributed by atoms with Crippen LogP contribution in [0.2, 0.25) is 5.02 Å². The lowest BCUT2D eigenvalue weighted by Gasteiger charge is -2.21. The average molecular weight is 334 g/mol. The van der Waals surface area contributed by atoms with Crippen LogP contribution < -0.4 is 5.32 Å². The maximum atomic E-state index is 12.7. The molecular weight excluding hydrogens is 314 g/mol. The molecular formula is C16H20ClN5O. The third kappa shape index (κ3) is 4.07. The Kier molecular flexibility index (Phi) is 5.23. The normalized spacial score (nSPS) is 16.6. The van der Waals surface area contributed by atoms with E-state index in [9.17, 15) is 4.79 Å². The maximum absolute atomic E-state index is 12.7. The summed E-state index contributed by atoms with van der Waals surface area (Å²) in [7, 11) is 0. The van der Waals surface area contributed by atoms with Crippen molar-refractivity contribution in [1.82, 2.24) is 25.5 Å². The number of halogens is 1. The van der Waals surface area contributed by atoms with E-state index in [0.29, 0.717) is 16.3 Å². The van der Waals surface area contributed by atoms with Crippen LogP contribution in [-0.4, -0.2) is 32.2 Å². The number of aromatic nitrogens is 4. The van der Waals surface area contributed by atoms with Crippen LogP contribution in [0.5, 0.6) is 0 Å². The number of rotatable bonds is 3. The Balaban J connectivity index is 1.79. The number of hydrogen-bond donors (Lipinski definition) is 1. The molecule has 7 heteroatoms. The van der Waals surface area contributed by atoms with E-state index in [1.807, 2.05) is 0 Å². The van der Waals surface area contributed by atoms with E-state index in [4.69, 9.17) is 11.6 Å². The number of nitrogens with zero attached hydrogens (tertiary/aromatic N) is 4. The molecule has 6 nitrogen and oxygen atoms in total. The summed E-state index contributed by atoms with van der Waals surface area (Å²) in [6.45, 7) is 0. The molecule has 23 heavy (non-hydrogen) atoms. The summed E-state index contributed by atoms with van der Waals surface area (Å²) >= 11 is 6.06. The van der Waals surface area contributed by atoms with E-state index in [1.54, 1.807) is 18.2 Å². The van der Waals surface area contributed by atoms with Crippen molar-refractivity contribution in [2.75, 3.05) is 0 Å². The zero-order chi connectivity index (χ0) is 16.1. The minimum Gasteiger partial charge on any atom is -0.349 e. The van der Waals surface area contributed by atoms with Gasteiger partial charge in [-0.3, -0.25) is 4.79 Å². The van der Waals surface area contributed by atoms with Crippen LogP contribution in [-0.2, 0) is 0 Å². The molecule has 1 saturated carbocycles. The van der Waals surface area contributed by atoms with Crippen LogP contribution in [0.3, 0.4) is 0 Å². The van der Waals surface area contributed by atoms with Gasteiger partial charge in [0.15, 0.2) is 0 Å². The fourth-order valence-corrected chi connectivity index (χ4v) is 3.19. The maximum Gasteiger partial charge on any atom is 0.253 e. The second-order valence-corrected chi connectivity index (χ2v) is 6.37. The van der Waals surface area contributed by atoms with Crippen LogP contribution in [0.1, 0.15) is 55.3 Å². The molecule has 1 aromatic carbocycles. The first kappa shape index (κ1) is 15.9. The highest BCUT2D eigenvalue weighted by Gasteiger charge is 2.19. The minimum atomic E-state index is -0.0993. The van der Waals surface area contributed by atoms with Gasteiger partial charge in [-0.05, 0) is 41.5 Å². The number of tetrazole rings is 1. The summed E-state index contributed by atoms with van der Waals surface area (Å²) < 4.78 is 1.46. The quantitative estimate of drug-likeness (QED) is 0.936. The van der Waals surface area contributed by atoms with Gasteiger partial charge in [-0.2, -0.15) is 4.68 Å². The molecule has 1 fully saturated rings. The van der Waals surface area contributed by atoms with Gasteiger partial charge in [0.1, 0.15) is 6.33 Å². The fourth-order valence-electron chi connectivity index (χ4n) is 3.02. The third-order valence-electron chi connectivity index (χ3n) is 4.24. The number of hydrogen-bond acceptors (Lipinski definition) is 4. The molecule has 0 radical (unpaired) electrons. The Bertz CT molecular complexity index is 650. The number of carbonyl (C=O) groups excluding carboxylic acids is 1. The van der Waals surface area contributed by atoms with Crippen molar-refractivity contribution in [3.05, 3.63) is 35.1 Å². The molecule has 1 heterocycles. The Morgan fingerprint density at radius 1 is 1.17 bits per heavy atom. The van der Waals surface area contributed by atoms with Gasteiger partial charge in [0.05, 0.1) is 11.3 Å². The summed E-state index contributed by atoms with van der Waals surface area (Å²) in [4.78, 5) is 12.7. The van der Waals surface area contributed by atoms with Crippen LogP contribution >= 0.6 is 11.6 Å². The van der Waals surface area contributed by atoms with Gasteiger partial charge in [0, 0.05) is 11.1 Å². The molecule has 0 atom stereocenters. The first-order valence-corrected chi connectivity index (χ1v) is 8.45. The van der Waals surface area contributed by atoms with E-state index >= 15 is 0 Å². The Hall–Kier alpha value is -1.95. The van der Waals surface area contributed by atoms with Crippen molar-refractivity contribution in [3.8, 4) is 5.69 Å². The van der Waals surface area contributed by atoms with Crippen LogP contribution in [0, 0.1) is 0 Å². The zero-order valence-electron chi connectivity index (χ0n) is 12.9. The Morgan fingerprint density at radius 2 is 1.91 bits per heavy atom. The van der Waals surface area contributed by atoms with Gasteiger partial charge in [0.25, 0.3) is 5.91 Å². The molecule has 0 unspecified atom stereocenters. The van der Waals surface area contributed by atoms with Gasteiger partial charge in [0.2, 0.25) is 0 Å². The zero-order valence-corrected chi connectivity index (χ0v) is 13.7. The van der Waals surface area contributed by atoms with Crippen molar-refractivity contribution >= 4 is 17.5 Å². The van der Waals surface area contributed by atoms with Gasteiger partial charge in [-0.1, -0.05) is 43.7 Å². The average Bonchev–Trinajstić information content (AvgIpc) is 3.04. The third-order valence-corrected chi connectivity index (χ3v) is 4.48. The first-order chi connectivity index (χ1) is 11.2. The molecule has 1 aliphatic carbocycles. The first-order valence-electron chi connectivity index (χ1n) is 8.08. The Labute approximate surface area is 140 Å². The molecule has 1 amide bonds. The lowest BCUT2D eigenvalue weighted by Crippen LogP contribution is -2.35. The molecule has 0 aliphatic heterocycles. The van der Waals surface area contributed by atoms with Crippen LogP contribution in [0.15, 0.2) is 24.5 Å². The van der Waals surface area contributed by atoms with E-state index in [-0.39, 0.29) is 11.9 Å². The molecule has 3 rings (SSSR count). The fraction of sp³-hybridized carbons (Fsp3) is 0.500. The summed E-state index contributed by atoms with van der Waals surface area (Å²) in [5.74, 6) is -0.0993. The molecule has 122 valence electrons. The Morgan fingerprint density at radius 3 is 2.61 bits per heavy atom. The summed E-state index contributed by atoms with van der Waals surface area (Å²) in [6.07, 6.45) is 9.70. The van der Waals surface area contributed by atoms with E-state index in [2.05, 4.69) is 20.8 Å². The number of carbonyl (C=O) groups is 1. The lowest BCUT2D eigenvalue weighted by atomic mass is 9.96. The predicted molar refractivity (Wildman–Crippen MR) is 87.7 cm³/mol. The number of amides is 1. The summed E-state index contributed by atoms with van der Waals surface area (Å²) in [5, 5.41) is 14.8. The highest BCUT2D eigenvalue weighted by atomic mass is 35.5. The minimum absolute atomic E-state index is 0.0993. The molecule has 0 saturated heterocycles. The van der Waals surface area contributed by atoms with Crippen molar-refractivity contribution in [3.63, 3.8) is 0 Å². The summed E-state index contributed by atoms with van der Waals surface area (Å²) in [6, 6.07) is 5.37. The van der Waals surface area contributed by atoms with Gasteiger partial charge < -0.3 is 5.32 Å². The van der Waals surface area contributed by atoms with Gasteiger partial charge >= 0.3 is 0 Å². The van der Waals surface area contributed by atoms with Crippen molar-refractivity contribution in [2.24, 2.45) is 0 Å². The molecule has 0 spiro atoms. The topological polar surface area (TPSA) is 72.7 Å². The van der Waals surface area contributed by atoms with Gasteiger partial charge in [-0.15, -0.1) is 5.10 Å². The van der Waals surface area contributed by atoms with Crippen LogP contribution in [0.4, 0.5) is 0 Å². The standard InChI is InChI=1S/C16H20ClN5O/c17-12-8-9-14(15(10-12)22-11-18-20-21-22)16(23)19-13-6-4-2-1-3-5-7-13/h8-11,13H,1-7H2,(H,19,23). The molecule has 0 bridgehead atoms. The van der Waals surface area contributed by atoms with Crippen molar-refractivity contribution in [2.45, 2.75) is 51.0 Å². The second-order valence-electron chi connectivity index (χ2n) is 5.93. The van der Waals surface area contributed by atoms with Gasteiger partial charge in [-0.25, -0.2) is 0 Å². The molecule has 2 aromatic rings. The van der Waals surface area contributed by atoms with Crippen molar-refractivity contribution in [1.29, 1.82) is 0 Å². The largest absolute Gasteiger partial charge is 0.349 e. The lowest BCUT2D eigenvalue weighted by molar-refractivity contribution is 0.0930. The molecule has 1 aliphatic rings. The number of nitrogens with one attached hydrogen (secondary N) is 1. The highest BCUT2D eigenvalue weighted by Crippen LogP contribution is 2.21. The van der Waals surface area contributed by atoms with E-state index < -0.39 is 0 Å². The molecule has 1 N–H and O–H groups in total. The highest BCUT2D eigenvalue weighted by molar-refractivity contribution is 6.31. The molecule has 1 aromatic heterocycles. The SMILES string of the molecule is O=C(NC1CCCCCCC1)c1ccc(Cl)cc1-n1cnnn1. The van der Waals surface area contributed by atoms with E-state index in [0.717, 1.165) is 12.8 Å². The smallest absolute Gasteiger partial charge is 0.253 e. The second kappa shape index (κ2) is 7.55. The summed E-state index contributed by atoms with van der Waals surface area (Å²) in [5.41, 5.74) is 1.12.